The Hall–Kier alpha value is -6.71. The predicted octanol–water partition coefficient (Wildman–Crippen LogP) is 3.03. The Morgan fingerprint density at radius 3 is 2.32 bits per heavy atom. The van der Waals surface area contributed by atoms with Gasteiger partial charge in [0.05, 0.1) is 56.1 Å². The van der Waals surface area contributed by atoms with Crippen molar-refractivity contribution in [1.82, 2.24) is 35.5 Å². The van der Waals surface area contributed by atoms with Crippen LogP contribution < -0.4 is 26.8 Å². The number of unbranched alkanes of at least 4 members (excludes halogenated alkanes) is 1. The molecule has 22 nitrogen and oxygen atoms in total. The van der Waals surface area contributed by atoms with E-state index in [2.05, 4.69) is 41.2 Å². The van der Waals surface area contributed by atoms with E-state index in [-0.39, 0.29) is 74.3 Å². The third-order valence-corrected chi connectivity index (χ3v) is 12.3. The van der Waals surface area contributed by atoms with E-state index >= 15 is 0 Å². The van der Waals surface area contributed by atoms with Crippen molar-refractivity contribution in [3.05, 3.63) is 100 Å². The molecule has 2 aliphatic rings. The van der Waals surface area contributed by atoms with Crippen LogP contribution in [0.4, 0.5) is 11.6 Å². The van der Waals surface area contributed by atoms with Crippen LogP contribution >= 0.6 is 7.82 Å². The number of ketones is 1. The first-order chi connectivity index (χ1) is 31.7. The minimum absolute atomic E-state index is 0.0482. The lowest BCUT2D eigenvalue weighted by Gasteiger charge is -2.31. The van der Waals surface area contributed by atoms with Gasteiger partial charge in [-0.15, -0.1) is 0 Å². The monoisotopic (exact) mass is 931 g/mol. The third-order valence-electron chi connectivity index (χ3n) is 10.7. The average Bonchev–Trinajstić information content (AvgIpc) is 3.52. The summed E-state index contributed by atoms with van der Waals surface area (Å²) in [7, 11) is -3.70. The van der Waals surface area contributed by atoms with E-state index in [0.717, 1.165) is 5.56 Å². The van der Waals surface area contributed by atoms with Crippen LogP contribution in [0.15, 0.2) is 77.7 Å². The largest absolute Gasteiger partial charge is 0.481 e. The quantitative estimate of drug-likeness (QED) is 0.0392. The van der Waals surface area contributed by atoms with Gasteiger partial charge in [-0.2, -0.15) is 4.98 Å². The number of nitrogens with one attached hydrogen (secondary N) is 5. The van der Waals surface area contributed by atoms with Crippen LogP contribution in [0.2, 0.25) is 0 Å². The van der Waals surface area contributed by atoms with Gasteiger partial charge in [0.1, 0.15) is 6.04 Å². The lowest BCUT2D eigenvalue weighted by Crippen LogP contribution is -2.46. The SMILES string of the molecule is CCOP(=O)(OCC)OCCCCNC(=O)C1C(C(=O)Nc2nc3ncc(CNc4ccc(C(=O)N[C@@H](CCC(=O)O)C(=O)O)cc4)nc3c(=O)[nH]2)[C@H]2C(=O)C=C[C@@H]1N2Cc1ccccc1. The van der Waals surface area contributed by atoms with Crippen molar-refractivity contribution in [2.24, 2.45) is 11.8 Å². The van der Waals surface area contributed by atoms with Gasteiger partial charge in [0.2, 0.25) is 17.8 Å². The van der Waals surface area contributed by atoms with Crippen LogP contribution in [0.3, 0.4) is 0 Å². The van der Waals surface area contributed by atoms with E-state index in [1.165, 1.54) is 24.4 Å². The van der Waals surface area contributed by atoms with Crippen molar-refractivity contribution in [1.29, 1.82) is 0 Å². The second-order valence-electron chi connectivity index (χ2n) is 15.2. The molecule has 2 aliphatic heterocycles. The number of carboxylic acid groups (broad SMARTS) is 2. The maximum absolute atomic E-state index is 14.3. The van der Waals surface area contributed by atoms with Gasteiger partial charge in [0.15, 0.2) is 16.9 Å². The number of carbonyl (C=O) groups is 6. The molecule has 2 bridgehead atoms. The van der Waals surface area contributed by atoms with Gasteiger partial charge in [-0.3, -0.25) is 57.5 Å². The second kappa shape index (κ2) is 22.5. The van der Waals surface area contributed by atoms with E-state index in [9.17, 15) is 43.2 Å². The van der Waals surface area contributed by atoms with Crippen molar-refractivity contribution >= 4 is 66.1 Å². The Morgan fingerprint density at radius 2 is 1.64 bits per heavy atom. The number of aromatic amines is 1. The van der Waals surface area contributed by atoms with Crippen molar-refractivity contribution in [3.63, 3.8) is 0 Å². The van der Waals surface area contributed by atoms with E-state index in [4.69, 9.17) is 18.7 Å². The van der Waals surface area contributed by atoms with Gasteiger partial charge in [0.25, 0.3) is 11.5 Å². The fourth-order valence-electron chi connectivity index (χ4n) is 7.65. The molecular weight excluding hydrogens is 881 g/mol. The average molecular weight is 932 g/mol. The summed E-state index contributed by atoms with van der Waals surface area (Å²) in [4.78, 5) is 108. The molecule has 5 atom stereocenters. The molecule has 0 radical (unpaired) electrons. The highest BCUT2D eigenvalue weighted by atomic mass is 31.2. The summed E-state index contributed by atoms with van der Waals surface area (Å²) in [6.07, 6.45) is 4.50. The Morgan fingerprint density at radius 1 is 0.909 bits per heavy atom. The highest BCUT2D eigenvalue weighted by molar-refractivity contribution is 7.48. The summed E-state index contributed by atoms with van der Waals surface area (Å²) in [5.74, 6) is -7.32. The summed E-state index contributed by atoms with van der Waals surface area (Å²) in [6, 6.07) is 12.3. The van der Waals surface area contributed by atoms with Gasteiger partial charge in [-0.1, -0.05) is 36.4 Å². The minimum Gasteiger partial charge on any atom is -0.481 e. The van der Waals surface area contributed by atoms with Crippen molar-refractivity contribution in [2.75, 3.05) is 37.0 Å². The van der Waals surface area contributed by atoms with Crippen molar-refractivity contribution in [3.8, 4) is 0 Å². The standard InChI is InChI=1S/C43H50N9O13P/c1-3-63-66(62,64-4-2)65-21-9-8-20-44-39(57)33-30-17-18-31(53)36(52(30)24-25-10-6-5-7-11-25)34(33)40(58)50-43-49-37-35(41(59)51-43)47-28(23-46-37)22-45-27-14-12-26(13-15-27)38(56)48-29(42(60)61)16-19-32(54)55/h5-7,10-15,17-18,23,29-30,33-34,36,45H,3-4,8-9,16,19-22,24H2,1-2H3,(H,44,57)(H,48,56)(H,54,55)(H,60,61)(H2,46,49,50,51,58,59)/t29-,30-,33?,34?,36+/m0/s1. The molecule has 4 aromatic rings. The molecule has 0 spiro atoms. The number of hydrogen-bond acceptors (Lipinski definition) is 16. The van der Waals surface area contributed by atoms with Crippen LogP contribution in [-0.2, 0) is 55.2 Å². The number of H-pyrrole nitrogens is 1. The molecule has 7 N–H and O–H groups in total. The number of anilines is 2. The van der Waals surface area contributed by atoms with Crippen LogP contribution in [0.25, 0.3) is 11.2 Å². The number of benzene rings is 2. The Labute approximate surface area is 377 Å². The number of aliphatic carboxylic acids is 2. The zero-order valence-electron chi connectivity index (χ0n) is 36.0. The summed E-state index contributed by atoms with van der Waals surface area (Å²) >= 11 is 0. The molecular formula is C43H50N9O13P. The molecule has 3 amide bonds. The Bertz CT molecular complexity index is 2550. The van der Waals surface area contributed by atoms with E-state index in [0.29, 0.717) is 24.2 Å². The number of carboxylic acids is 2. The van der Waals surface area contributed by atoms with Crippen molar-refractivity contribution in [2.45, 2.75) is 70.7 Å². The van der Waals surface area contributed by atoms with Gasteiger partial charge in [0, 0.05) is 36.8 Å². The Kier molecular flexibility index (Phi) is 16.6. The molecule has 23 heteroatoms. The number of amides is 3. The molecule has 1 saturated heterocycles. The lowest BCUT2D eigenvalue weighted by molar-refractivity contribution is -0.140. The molecule has 1 fully saturated rings. The molecule has 0 aliphatic carbocycles. The first-order valence-electron chi connectivity index (χ1n) is 21.2. The summed E-state index contributed by atoms with van der Waals surface area (Å²) in [5.41, 5.74) is 0.912. The predicted molar refractivity (Wildman–Crippen MR) is 236 cm³/mol. The van der Waals surface area contributed by atoms with E-state index in [1.54, 1.807) is 32.1 Å². The van der Waals surface area contributed by atoms with Gasteiger partial charge in [-0.05, 0) is 69.0 Å². The maximum Gasteiger partial charge on any atom is 0.474 e. The van der Waals surface area contributed by atoms with Crippen LogP contribution in [0, 0.1) is 11.8 Å². The Balaban J connectivity index is 1.12. The number of fused-ring (bicyclic) bond motifs is 3. The van der Waals surface area contributed by atoms with Gasteiger partial charge < -0.3 is 26.2 Å². The topological polar surface area (TPSA) is 311 Å². The summed E-state index contributed by atoms with van der Waals surface area (Å²) in [5, 5.41) is 29.1. The van der Waals surface area contributed by atoms with E-state index in [1.807, 2.05) is 35.2 Å². The minimum atomic E-state index is -3.70. The normalized spacial score (nSPS) is 18.4. The smallest absolute Gasteiger partial charge is 0.474 e. The number of rotatable bonds is 24. The van der Waals surface area contributed by atoms with Crippen molar-refractivity contribution < 1.29 is 57.1 Å². The fourth-order valence-corrected chi connectivity index (χ4v) is 8.86. The molecule has 6 rings (SSSR count). The van der Waals surface area contributed by atoms with Gasteiger partial charge in [-0.25, -0.2) is 19.3 Å². The van der Waals surface area contributed by atoms with Crippen LogP contribution in [0.5, 0.6) is 0 Å². The number of aromatic nitrogens is 4. The number of hydrogen-bond donors (Lipinski definition) is 7. The zero-order chi connectivity index (χ0) is 47.4. The lowest BCUT2D eigenvalue weighted by atomic mass is 9.86. The number of phosphoric ester groups is 1. The molecule has 2 aromatic heterocycles. The van der Waals surface area contributed by atoms with Gasteiger partial charge >= 0.3 is 19.8 Å². The first kappa shape index (κ1) is 48.7. The molecule has 4 heterocycles. The zero-order valence-corrected chi connectivity index (χ0v) is 36.9. The maximum atomic E-state index is 14.3. The highest BCUT2D eigenvalue weighted by Crippen LogP contribution is 2.49. The second-order valence-corrected chi connectivity index (χ2v) is 16.9. The first-order valence-corrected chi connectivity index (χ1v) is 22.7. The summed E-state index contributed by atoms with van der Waals surface area (Å²) in [6.45, 7) is 4.19. The van der Waals surface area contributed by atoms with E-state index < -0.39 is 79.4 Å². The molecule has 2 unspecified atom stereocenters. The molecule has 66 heavy (non-hydrogen) atoms. The third kappa shape index (κ3) is 12.3. The molecule has 0 saturated carbocycles. The van der Waals surface area contributed by atoms with Crippen LogP contribution in [0.1, 0.15) is 61.1 Å². The molecule has 2 aromatic carbocycles. The number of nitrogens with zero attached hydrogens (tertiary/aromatic N) is 4. The van der Waals surface area contributed by atoms with Crippen LogP contribution in [-0.4, -0.2) is 115 Å². The fraction of sp³-hybridized carbons (Fsp3) is 0.395. The molecule has 350 valence electrons. The summed E-state index contributed by atoms with van der Waals surface area (Å²) < 4.78 is 28.3. The number of carbonyl (C=O) groups excluding carboxylic acids is 4. The number of phosphoric acid groups is 1. The highest BCUT2D eigenvalue weighted by Gasteiger charge is 2.58.